The van der Waals surface area contributed by atoms with Crippen molar-refractivity contribution in [2.45, 2.75) is 32.1 Å². The lowest BCUT2D eigenvalue weighted by atomic mass is 9.89. The summed E-state index contributed by atoms with van der Waals surface area (Å²) in [5, 5.41) is 2.38. The van der Waals surface area contributed by atoms with Crippen LogP contribution in [0, 0.1) is 11.7 Å². The highest BCUT2D eigenvalue weighted by atomic mass is 79.9. The topological polar surface area (TPSA) is 84.9 Å². The number of hydrogen-bond acceptors (Lipinski definition) is 6. The van der Waals surface area contributed by atoms with E-state index in [9.17, 15) is 18.8 Å². The number of halogens is 2. The van der Waals surface area contributed by atoms with Crippen molar-refractivity contribution in [3.63, 3.8) is 0 Å². The molecule has 3 amide bonds. The van der Waals surface area contributed by atoms with E-state index >= 15 is 0 Å². The van der Waals surface area contributed by atoms with Gasteiger partial charge in [-0.05, 0) is 94.5 Å². The van der Waals surface area contributed by atoms with Crippen LogP contribution in [0.2, 0.25) is 0 Å². The number of amides is 3. The third-order valence-electron chi connectivity index (χ3n) is 6.06. The van der Waals surface area contributed by atoms with Gasteiger partial charge in [0, 0.05) is 12.2 Å². The number of nitrogens with one attached hydrogen (secondary N) is 1. The standard InChI is InChI=1S/C26H26BrFN2O5S/c1-34-21-12-17(13-22-25(32)30(26(33)36-22)14-16-5-3-2-4-6-16)11-20(27)24(21)35-15-23(31)29-19-9-7-18(28)8-10-19/h7-13,16H,2-6,14-15H2,1H3,(H,29,31)/b22-13+. The van der Waals surface area contributed by atoms with Crippen molar-refractivity contribution < 1.29 is 28.2 Å². The van der Waals surface area contributed by atoms with Crippen molar-refractivity contribution in [3.05, 3.63) is 57.2 Å². The molecule has 7 nitrogen and oxygen atoms in total. The molecule has 1 aliphatic heterocycles. The maximum absolute atomic E-state index is 13.0. The molecule has 2 aliphatic rings. The smallest absolute Gasteiger partial charge is 0.293 e. The molecule has 2 aromatic carbocycles. The zero-order valence-corrected chi connectivity index (χ0v) is 22.1. The molecule has 10 heteroatoms. The van der Waals surface area contributed by atoms with Gasteiger partial charge in [-0.1, -0.05) is 19.3 Å². The van der Waals surface area contributed by atoms with Crippen molar-refractivity contribution in [1.82, 2.24) is 4.90 Å². The SMILES string of the molecule is COc1cc(/C=C2/SC(=O)N(CC3CCCCC3)C2=O)cc(Br)c1OCC(=O)Nc1ccc(F)cc1. The van der Waals surface area contributed by atoms with Gasteiger partial charge in [-0.15, -0.1) is 0 Å². The number of rotatable bonds is 8. The Morgan fingerprint density at radius 2 is 1.92 bits per heavy atom. The minimum Gasteiger partial charge on any atom is -0.493 e. The number of imide groups is 1. The molecule has 0 unspecified atom stereocenters. The van der Waals surface area contributed by atoms with E-state index in [0.29, 0.717) is 44.6 Å². The van der Waals surface area contributed by atoms with Gasteiger partial charge in [0.05, 0.1) is 16.5 Å². The summed E-state index contributed by atoms with van der Waals surface area (Å²) in [7, 11) is 1.47. The van der Waals surface area contributed by atoms with Crippen molar-refractivity contribution in [1.29, 1.82) is 0 Å². The van der Waals surface area contributed by atoms with Crippen LogP contribution in [0.5, 0.6) is 11.5 Å². The highest BCUT2D eigenvalue weighted by Gasteiger charge is 2.36. The van der Waals surface area contributed by atoms with E-state index in [4.69, 9.17) is 9.47 Å². The molecule has 1 saturated carbocycles. The quantitative estimate of drug-likeness (QED) is 0.375. The molecular weight excluding hydrogens is 551 g/mol. The van der Waals surface area contributed by atoms with E-state index in [-0.39, 0.29) is 17.8 Å². The molecule has 0 atom stereocenters. The fourth-order valence-corrected chi connectivity index (χ4v) is 5.69. The predicted molar refractivity (Wildman–Crippen MR) is 140 cm³/mol. The Kier molecular flexibility index (Phi) is 8.68. The molecule has 0 spiro atoms. The summed E-state index contributed by atoms with van der Waals surface area (Å²) in [5.41, 5.74) is 1.09. The van der Waals surface area contributed by atoms with E-state index in [2.05, 4.69) is 21.2 Å². The first-order valence-electron chi connectivity index (χ1n) is 11.6. The lowest BCUT2D eigenvalue weighted by molar-refractivity contribution is -0.123. The van der Waals surface area contributed by atoms with Gasteiger partial charge in [-0.25, -0.2) is 4.39 Å². The number of nitrogens with zero attached hydrogens (tertiary/aromatic N) is 1. The van der Waals surface area contributed by atoms with Gasteiger partial charge in [0.25, 0.3) is 17.1 Å². The molecule has 1 heterocycles. The van der Waals surface area contributed by atoms with Crippen LogP contribution in [0.25, 0.3) is 6.08 Å². The number of carbonyl (C=O) groups is 3. The zero-order valence-electron chi connectivity index (χ0n) is 19.7. The fraction of sp³-hybridized carbons (Fsp3) is 0.346. The number of hydrogen-bond donors (Lipinski definition) is 1. The van der Waals surface area contributed by atoms with Crippen LogP contribution in [0.4, 0.5) is 14.9 Å². The predicted octanol–water partition coefficient (Wildman–Crippen LogP) is 6.23. The molecule has 190 valence electrons. The van der Waals surface area contributed by atoms with Crippen molar-refractivity contribution in [2.24, 2.45) is 5.92 Å². The number of thioether (sulfide) groups is 1. The second-order valence-corrected chi connectivity index (χ2v) is 10.5. The fourth-order valence-electron chi connectivity index (χ4n) is 4.27. The highest BCUT2D eigenvalue weighted by molar-refractivity contribution is 9.10. The normalized spacial score (nSPS) is 17.5. The maximum atomic E-state index is 13.0. The van der Waals surface area contributed by atoms with Gasteiger partial charge in [0.15, 0.2) is 18.1 Å². The zero-order chi connectivity index (χ0) is 25.7. The molecule has 36 heavy (non-hydrogen) atoms. The van der Waals surface area contributed by atoms with Gasteiger partial charge >= 0.3 is 0 Å². The van der Waals surface area contributed by atoms with Crippen molar-refractivity contribution in [3.8, 4) is 11.5 Å². The maximum Gasteiger partial charge on any atom is 0.293 e. The van der Waals surface area contributed by atoms with E-state index in [1.54, 1.807) is 18.2 Å². The summed E-state index contributed by atoms with van der Waals surface area (Å²) in [4.78, 5) is 39.4. The average molecular weight is 577 g/mol. The molecule has 2 aromatic rings. The highest BCUT2D eigenvalue weighted by Crippen LogP contribution is 2.39. The molecule has 4 rings (SSSR count). The van der Waals surface area contributed by atoms with Crippen LogP contribution in [-0.4, -0.2) is 42.2 Å². The first-order chi connectivity index (χ1) is 17.3. The van der Waals surface area contributed by atoms with Gasteiger partial charge in [-0.2, -0.15) is 0 Å². The summed E-state index contributed by atoms with van der Waals surface area (Å²) in [5.74, 6) is -0.0554. The van der Waals surface area contributed by atoms with Crippen LogP contribution in [0.3, 0.4) is 0 Å². The number of methoxy groups -OCH3 is 1. The molecule has 0 radical (unpaired) electrons. The molecule has 0 bridgehead atoms. The van der Waals surface area contributed by atoms with Gasteiger partial charge in [0.2, 0.25) is 0 Å². The largest absolute Gasteiger partial charge is 0.493 e. The van der Waals surface area contributed by atoms with E-state index < -0.39 is 11.7 Å². The summed E-state index contributed by atoms with van der Waals surface area (Å²) >= 11 is 4.38. The summed E-state index contributed by atoms with van der Waals surface area (Å²) in [6.07, 6.45) is 7.26. The minimum atomic E-state index is -0.425. The third kappa shape index (κ3) is 6.47. The Hall–Kier alpha value is -2.85. The molecule has 0 aromatic heterocycles. The van der Waals surface area contributed by atoms with Crippen molar-refractivity contribution in [2.75, 3.05) is 25.6 Å². The number of anilines is 1. The molecule has 1 saturated heterocycles. The van der Waals surface area contributed by atoms with Gasteiger partial charge in [-0.3, -0.25) is 19.3 Å². The van der Waals surface area contributed by atoms with Crippen LogP contribution < -0.4 is 14.8 Å². The lowest BCUT2D eigenvalue weighted by Crippen LogP contribution is -2.34. The number of benzene rings is 2. The van der Waals surface area contributed by atoms with Crippen LogP contribution in [0.15, 0.2) is 45.8 Å². The second kappa shape index (κ2) is 11.9. The molecule has 2 fully saturated rings. The first-order valence-corrected chi connectivity index (χ1v) is 13.3. The molecular formula is C26H26BrFN2O5S. The Bertz CT molecular complexity index is 1180. The summed E-state index contributed by atoms with van der Waals surface area (Å²) in [6, 6.07) is 8.81. The summed E-state index contributed by atoms with van der Waals surface area (Å²) < 4.78 is 24.7. The monoisotopic (exact) mass is 576 g/mol. The van der Waals surface area contributed by atoms with Crippen molar-refractivity contribution >= 4 is 56.5 Å². The van der Waals surface area contributed by atoms with Crippen LogP contribution in [-0.2, 0) is 9.59 Å². The number of carbonyl (C=O) groups excluding carboxylic acids is 3. The average Bonchev–Trinajstić information content (AvgIpc) is 3.12. The number of ether oxygens (including phenoxy) is 2. The molecule has 1 N–H and O–H groups in total. The van der Waals surface area contributed by atoms with E-state index in [1.807, 2.05) is 0 Å². The summed E-state index contributed by atoms with van der Waals surface area (Å²) in [6.45, 7) is 0.174. The Morgan fingerprint density at radius 3 is 2.61 bits per heavy atom. The van der Waals surface area contributed by atoms with E-state index in [1.165, 1.54) is 42.7 Å². The molecule has 1 aliphatic carbocycles. The minimum absolute atomic E-state index is 0.241. The first kappa shape index (κ1) is 26.2. The van der Waals surface area contributed by atoms with Gasteiger partial charge in [0.1, 0.15) is 5.82 Å². The Labute approximate surface area is 221 Å². The third-order valence-corrected chi connectivity index (χ3v) is 7.56. The Morgan fingerprint density at radius 1 is 1.19 bits per heavy atom. The van der Waals surface area contributed by atoms with Crippen LogP contribution >= 0.6 is 27.7 Å². The van der Waals surface area contributed by atoms with E-state index in [0.717, 1.165) is 37.4 Å². The van der Waals surface area contributed by atoms with Crippen LogP contribution in [0.1, 0.15) is 37.7 Å². The Balaban J connectivity index is 1.43. The van der Waals surface area contributed by atoms with Gasteiger partial charge < -0.3 is 14.8 Å². The lowest BCUT2D eigenvalue weighted by Gasteiger charge is -2.25. The second-order valence-electron chi connectivity index (χ2n) is 8.67.